The lowest BCUT2D eigenvalue weighted by atomic mass is 10.0. The Balaban J connectivity index is 1.86. The summed E-state index contributed by atoms with van der Waals surface area (Å²) in [4.78, 5) is 44.8. The van der Waals surface area contributed by atoms with E-state index in [2.05, 4.69) is 15.6 Å². The molecule has 0 aliphatic heterocycles. The van der Waals surface area contributed by atoms with Crippen LogP contribution in [-0.2, 0) is 20.9 Å². The van der Waals surface area contributed by atoms with Gasteiger partial charge in [-0.3, -0.25) is 14.4 Å². The van der Waals surface area contributed by atoms with E-state index in [0.29, 0.717) is 22.2 Å². The van der Waals surface area contributed by atoms with Crippen molar-refractivity contribution in [3.05, 3.63) is 83.4 Å². The summed E-state index contributed by atoms with van der Waals surface area (Å²) in [5.74, 6) is -0.156. The molecule has 3 amide bonds. The highest BCUT2D eigenvalue weighted by atomic mass is 35.5. The monoisotopic (exact) mass is 496 g/mol. The Bertz CT molecular complexity index is 1130. The molecule has 0 spiro atoms. The van der Waals surface area contributed by atoms with Crippen LogP contribution in [0.3, 0.4) is 0 Å². The minimum atomic E-state index is -0.956. The Morgan fingerprint density at radius 1 is 1.03 bits per heavy atom. The van der Waals surface area contributed by atoms with E-state index >= 15 is 0 Å². The van der Waals surface area contributed by atoms with Crippen LogP contribution in [0.1, 0.15) is 51.0 Å². The summed E-state index contributed by atoms with van der Waals surface area (Å²) < 4.78 is 5.47. The van der Waals surface area contributed by atoms with Crippen molar-refractivity contribution in [3.8, 4) is 0 Å². The van der Waals surface area contributed by atoms with E-state index < -0.39 is 11.6 Å². The first-order chi connectivity index (χ1) is 16.6. The van der Waals surface area contributed by atoms with Crippen molar-refractivity contribution in [1.82, 2.24) is 15.2 Å². The van der Waals surface area contributed by atoms with Gasteiger partial charge >= 0.3 is 0 Å². The van der Waals surface area contributed by atoms with Gasteiger partial charge in [-0.25, -0.2) is 4.98 Å². The number of nitrogens with one attached hydrogen (secondary N) is 2. The molecule has 0 bridgehead atoms. The standard InChI is InChI=1S/C26H29ClN4O4/c1-26(2,3)30-25(34)24(18-9-11-19(27)12-10-18)31(17-20-7-6-16-35-20)23(33)14-13-22(32)29-21-8-4-5-15-28-21/h4-12,15-16,24H,13-14,17H2,1-3H3,(H,30,34)(H,28,29,32)/t24-/m1/s1. The predicted octanol–water partition coefficient (Wildman–Crippen LogP) is 4.73. The quantitative estimate of drug-likeness (QED) is 0.445. The van der Waals surface area contributed by atoms with Crippen molar-refractivity contribution in [3.63, 3.8) is 0 Å². The number of carbonyl (C=O) groups excluding carboxylic acids is 3. The summed E-state index contributed by atoms with van der Waals surface area (Å²) in [6.07, 6.45) is 2.89. The Morgan fingerprint density at radius 3 is 2.37 bits per heavy atom. The molecule has 0 radical (unpaired) electrons. The molecule has 1 atom stereocenters. The van der Waals surface area contributed by atoms with Gasteiger partial charge in [0.15, 0.2) is 0 Å². The highest BCUT2D eigenvalue weighted by molar-refractivity contribution is 6.30. The van der Waals surface area contributed by atoms with Gasteiger partial charge in [0, 0.05) is 29.6 Å². The molecule has 0 aliphatic carbocycles. The Labute approximate surface area is 209 Å². The lowest BCUT2D eigenvalue weighted by Gasteiger charge is -2.33. The fourth-order valence-electron chi connectivity index (χ4n) is 3.46. The van der Waals surface area contributed by atoms with Crippen molar-refractivity contribution >= 4 is 35.1 Å². The number of rotatable bonds is 9. The molecular weight excluding hydrogens is 468 g/mol. The third-order valence-corrected chi connectivity index (χ3v) is 5.22. The number of anilines is 1. The maximum absolute atomic E-state index is 13.5. The fourth-order valence-corrected chi connectivity index (χ4v) is 3.58. The van der Waals surface area contributed by atoms with Crippen LogP contribution < -0.4 is 10.6 Å². The van der Waals surface area contributed by atoms with Gasteiger partial charge in [-0.2, -0.15) is 0 Å². The maximum atomic E-state index is 13.5. The summed E-state index contributed by atoms with van der Waals surface area (Å²) in [7, 11) is 0. The molecule has 2 N–H and O–H groups in total. The van der Waals surface area contributed by atoms with Crippen LogP contribution in [0.15, 0.2) is 71.5 Å². The topological polar surface area (TPSA) is 105 Å². The minimum absolute atomic E-state index is 0.0541. The molecule has 2 heterocycles. The first-order valence-corrected chi connectivity index (χ1v) is 11.6. The summed E-state index contributed by atoms with van der Waals surface area (Å²) in [6.45, 7) is 5.65. The number of benzene rings is 1. The zero-order valence-electron chi connectivity index (χ0n) is 20.0. The first-order valence-electron chi connectivity index (χ1n) is 11.2. The maximum Gasteiger partial charge on any atom is 0.247 e. The molecule has 35 heavy (non-hydrogen) atoms. The number of amides is 3. The highest BCUT2D eigenvalue weighted by Gasteiger charge is 2.34. The lowest BCUT2D eigenvalue weighted by molar-refractivity contribution is -0.143. The molecule has 0 unspecified atom stereocenters. The van der Waals surface area contributed by atoms with Crippen molar-refractivity contribution in [2.24, 2.45) is 0 Å². The van der Waals surface area contributed by atoms with E-state index in [-0.39, 0.29) is 37.1 Å². The van der Waals surface area contributed by atoms with Gasteiger partial charge in [0.1, 0.15) is 17.6 Å². The Morgan fingerprint density at radius 2 is 1.77 bits per heavy atom. The molecule has 184 valence electrons. The van der Waals surface area contributed by atoms with Gasteiger partial charge in [0.05, 0.1) is 12.8 Å². The molecule has 8 nitrogen and oxygen atoms in total. The minimum Gasteiger partial charge on any atom is -0.467 e. The molecule has 9 heteroatoms. The molecule has 0 fully saturated rings. The van der Waals surface area contributed by atoms with Crippen LogP contribution in [0, 0.1) is 0 Å². The Kier molecular flexibility index (Phi) is 8.65. The zero-order valence-corrected chi connectivity index (χ0v) is 20.7. The van der Waals surface area contributed by atoms with Crippen LogP contribution in [0.4, 0.5) is 5.82 Å². The molecule has 1 aromatic carbocycles. The molecule has 2 aromatic heterocycles. The molecule has 3 aromatic rings. The number of aromatic nitrogens is 1. The molecule has 0 saturated carbocycles. The molecular formula is C26H29ClN4O4. The summed E-state index contributed by atoms with van der Waals surface area (Å²) in [5, 5.41) is 6.14. The van der Waals surface area contributed by atoms with Crippen LogP contribution in [0.25, 0.3) is 0 Å². The number of furan rings is 1. The van der Waals surface area contributed by atoms with Gasteiger partial charge < -0.3 is 20.0 Å². The lowest BCUT2D eigenvalue weighted by Crippen LogP contribution is -2.49. The fraction of sp³-hybridized carbons (Fsp3) is 0.308. The Hall–Kier alpha value is -3.65. The second-order valence-electron chi connectivity index (χ2n) is 9.06. The summed E-state index contributed by atoms with van der Waals surface area (Å²) >= 11 is 6.07. The van der Waals surface area contributed by atoms with E-state index in [4.69, 9.17) is 16.0 Å². The second-order valence-corrected chi connectivity index (χ2v) is 9.49. The average Bonchev–Trinajstić information content (AvgIpc) is 3.31. The molecule has 3 rings (SSSR count). The third kappa shape index (κ3) is 7.96. The number of halogens is 1. The van der Waals surface area contributed by atoms with E-state index in [9.17, 15) is 14.4 Å². The van der Waals surface area contributed by atoms with E-state index in [1.165, 1.54) is 11.2 Å². The van der Waals surface area contributed by atoms with Gasteiger partial charge in [-0.1, -0.05) is 29.8 Å². The number of nitrogens with zero attached hydrogens (tertiary/aromatic N) is 2. The molecule has 0 aliphatic rings. The van der Waals surface area contributed by atoms with Gasteiger partial charge in [-0.05, 0) is 62.7 Å². The summed E-state index contributed by atoms with van der Waals surface area (Å²) in [5.41, 5.74) is 0.0676. The van der Waals surface area contributed by atoms with Crippen LogP contribution in [0.2, 0.25) is 5.02 Å². The van der Waals surface area contributed by atoms with Crippen LogP contribution in [-0.4, -0.2) is 33.1 Å². The second kappa shape index (κ2) is 11.7. The molecule has 0 saturated heterocycles. The first kappa shape index (κ1) is 26.0. The largest absolute Gasteiger partial charge is 0.467 e. The smallest absolute Gasteiger partial charge is 0.247 e. The van der Waals surface area contributed by atoms with Gasteiger partial charge in [-0.15, -0.1) is 0 Å². The number of pyridine rings is 1. The third-order valence-electron chi connectivity index (χ3n) is 4.97. The van der Waals surface area contributed by atoms with Crippen molar-refractivity contribution in [2.75, 3.05) is 5.32 Å². The highest BCUT2D eigenvalue weighted by Crippen LogP contribution is 2.27. The van der Waals surface area contributed by atoms with E-state index in [1.807, 2.05) is 20.8 Å². The number of hydrogen-bond donors (Lipinski definition) is 2. The normalized spacial score (nSPS) is 12.0. The van der Waals surface area contributed by atoms with Crippen molar-refractivity contribution < 1.29 is 18.8 Å². The van der Waals surface area contributed by atoms with E-state index in [0.717, 1.165) is 0 Å². The van der Waals surface area contributed by atoms with Gasteiger partial charge in [0.2, 0.25) is 17.7 Å². The van der Waals surface area contributed by atoms with Crippen LogP contribution >= 0.6 is 11.6 Å². The van der Waals surface area contributed by atoms with E-state index in [1.54, 1.807) is 60.8 Å². The summed E-state index contributed by atoms with van der Waals surface area (Å²) in [6, 6.07) is 14.4. The van der Waals surface area contributed by atoms with Gasteiger partial charge in [0.25, 0.3) is 0 Å². The number of carbonyl (C=O) groups is 3. The zero-order chi connectivity index (χ0) is 25.4. The SMILES string of the molecule is CC(C)(C)NC(=O)[C@@H](c1ccc(Cl)cc1)N(Cc1ccco1)C(=O)CCC(=O)Nc1ccccn1. The van der Waals surface area contributed by atoms with Crippen molar-refractivity contribution in [2.45, 2.75) is 51.7 Å². The average molecular weight is 497 g/mol. The number of hydrogen-bond acceptors (Lipinski definition) is 5. The van der Waals surface area contributed by atoms with Crippen LogP contribution in [0.5, 0.6) is 0 Å². The van der Waals surface area contributed by atoms with Crippen molar-refractivity contribution in [1.29, 1.82) is 0 Å². The predicted molar refractivity (Wildman–Crippen MR) is 133 cm³/mol.